The molecular formula is C13H13ClN4O2. The SMILES string of the molecule is C#CCn1ncc(Cl)c(NCc2nc(C)c(C)o2)c1=O. The van der Waals surface area contributed by atoms with E-state index in [9.17, 15) is 4.79 Å². The Morgan fingerprint density at radius 1 is 1.55 bits per heavy atom. The van der Waals surface area contributed by atoms with Crippen LogP contribution in [-0.4, -0.2) is 14.8 Å². The van der Waals surface area contributed by atoms with Crippen LogP contribution in [0.15, 0.2) is 15.4 Å². The summed E-state index contributed by atoms with van der Waals surface area (Å²) in [6.45, 7) is 4.01. The van der Waals surface area contributed by atoms with E-state index in [1.807, 2.05) is 13.8 Å². The van der Waals surface area contributed by atoms with Gasteiger partial charge in [0.2, 0.25) is 5.89 Å². The van der Waals surface area contributed by atoms with Gasteiger partial charge in [0.05, 0.1) is 23.5 Å². The van der Waals surface area contributed by atoms with Crippen molar-refractivity contribution in [2.75, 3.05) is 5.32 Å². The highest BCUT2D eigenvalue weighted by Gasteiger charge is 2.11. The fourth-order valence-corrected chi connectivity index (χ4v) is 1.80. The predicted octanol–water partition coefficient (Wildman–Crippen LogP) is 1.75. The molecule has 0 saturated heterocycles. The van der Waals surface area contributed by atoms with Gasteiger partial charge in [0, 0.05) is 0 Å². The Morgan fingerprint density at radius 2 is 2.30 bits per heavy atom. The molecule has 0 aromatic carbocycles. The topological polar surface area (TPSA) is 73.0 Å². The van der Waals surface area contributed by atoms with Gasteiger partial charge >= 0.3 is 0 Å². The first-order valence-electron chi connectivity index (χ1n) is 5.88. The molecule has 0 fully saturated rings. The van der Waals surface area contributed by atoms with Gasteiger partial charge in [-0.2, -0.15) is 5.10 Å². The van der Waals surface area contributed by atoms with Crippen LogP contribution in [0.3, 0.4) is 0 Å². The largest absolute Gasteiger partial charge is 0.444 e. The first-order chi connectivity index (χ1) is 9.52. The van der Waals surface area contributed by atoms with Crippen molar-refractivity contribution in [3.63, 3.8) is 0 Å². The average molecular weight is 293 g/mol. The maximum atomic E-state index is 12.1. The number of hydrogen-bond donors (Lipinski definition) is 1. The molecule has 0 atom stereocenters. The third-order valence-corrected chi connectivity index (χ3v) is 3.01. The van der Waals surface area contributed by atoms with Gasteiger partial charge in [-0.25, -0.2) is 9.67 Å². The van der Waals surface area contributed by atoms with Crippen molar-refractivity contribution >= 4 is 17.3 Å². The molecule has 2 aromatic rings. The molecular weight excluding hydrogens is 280 g/mol. The molecule has 0 aliphatic rings. The number of aromatic nitrogens is 3. The number of halogens is 1. The lowest BCUT2D eigenvalue weighted by molar-refractivity contribution is 0.478. The lowest BCUT2D eigenvalue weighted by Gasteiger charge is -2.07. The van der Waals surface area contributed by atoms with Gasteiger partial charge < -0.3 is 9.73 Å². The van der Waals surface area contributed by atoms with Crippen LogP contribution in [-0.2, 0) is 13.1 Å². The van der Waals surface area contributed by atoms with Gasteiger partial charge in [0.15, 0.2) is 0 Å². The summed E-state index contributed by atoms with van der Waals surface area (Å²) in [4.78, 5) is 16.3. The second-order valence-corrected chi connectivity index (χ2v) is 4.54. The summed E-state index contributed by atoms with van der Waals surface area (Å²) in [7, 11) is 0. The highest BCUT2D eigenvalue weighted by molar-refractivity contribution is 6.32. The van der Waals surface area contributed by atoms with E-state index in [-0.39, 0.29) is 29.4 Å². The van der Waals surface area contributed by atoms with Crippen molar-refractivity contribution in [3.8, 4) is 12.3 Å². The molecule has 1 N–H and O–H groups in total. The minimum Gasteiger partial charge on any atom is -0.444 e. The molecule has 0 aliphatic heterocycles. The van der Waals surface area contributed by atoms with E-state index in [1.54, 1.807) is 0 Å². The summed E-state index contributed by atoms with van der Waals surface area (Å²) in [6, 6.07) is 0. The lowest BCUT2D eigenvalue weighted by atomic mass is 10.4. The maximum Gasteiger partial charge on any atom is 0.292 e. The molecule has 0 radical (unpaired) electrons. The average Bonchev–Trinajstić information content (AvgIpc) is 2.72. The van der Waals surface area contributed by atoms with Gasteiger partial charge in [0.1, 0.15) is 18.0 Å². The van der Waals surface area contributed by atoms with Crippen molar-refractivity contribution < 1.29 is 4.42 Å². The molecule has 0 spiro atoms. The summed E-state index contributed by atoms with van der Waals surface area (Å²) >= 11 is 5.96. The fraction of sp³-hybridized carbons (Fsp3) is 0.308. The Hall–Kier alpha value is -2.26. The Balaban J connectivity index is 2.23. The zero-order chi connectivity index (χ0) is 14.7. The van der Waals surface area contributed by atoms with Crippen LogP contribution in [0, 0.1) is 26.2 Å². The van der Waals surface area contributed by atoms with Gasteiger partial charge in [-0.15, -0.1) is 6.42 Å². The van der Waals surface area contributed by atoms with Crippen LogP contribution in [0.5, 0.6) is 0 Å². The van der Waals surface area contributed by atoms with Gasteiger partial charge in [-0.1, -0.05) is 17.5 Å². The van der Waals surface area contributed by atoms with E-state index < -0.39 is 0 Å². The third kappa shape index (κ3) is 2.83. The standard InChI is InChI=1S/C13H13ClN4O2/c1-4-5-18-13(19)12(10(14)6-16-18)15-7-11-17-8(2)9(3)20-11/h1,6,15H,5,7H2,2-3H3. The molecule has 2 rings (SSSR count). The third-order valence-electron chi connectivity index (χ3n) is 2.73. The Morgan fingerprint density at radius 3 is 2.90 bits per heavy atom. The van der Waals surface area contributed by atoms with Crippen molar-refractivity contribution in [1.29, 1.82) is 0 Å². The first kappa shape index (κ1) is 14.2. The quantitative estimate of drug-likeness (QED) is 0.869. The number of nitrogens with zero attached hydrogens (tertiary/aromatic N) is 3. The predicted molar refractivity (Wildman–Crippen MR) is 75.6 cm³/mol. The number of oxazole rings is 1. The molecule has 0 aliphatic carbocycles. The molecule has 7 heteroatoms. The van der Waals surface area contributed by atoms with E-state index >= 15 is 0 Å². The molecule has 0 bridgehead atoms. The number of rotatable bonds is 4. The number of anilines is 1. The highest BCUT2D eigenvalue weighted by atomic mass is 35.5. The van der Waals surface area contributed by atoms with E-state index in [1.165, 1.54) is 6.20 Å². The van der Waals surface area contributed by atoms with Crippen molar-refractivity contribution in [2.45, 2.75) is 26.9 Å². The van der Waals surface area contributed by atoms with Crippen molar-refractivity contribution in [3.05, 3.63) is 38.9 Å². The van der Waals surface area contributed by atoms with E-state index in [4.69, 9.17) is 22.4 Å². The molecule has 2 heterocycles. The summed E-state index contributed by atoms with van der Waals surface area (Å²) < 4.78 is 6.57. The Labute approximate surface area is 120 Å². The molecule has 0 unspecified atom stereocenters. The Kier molecular flexibility index (Phi) is 4.11. The summed E-state index contributed by atoms with van der Waals surface area (Å²) in [5.41, 5.74) is 0.660. The second-order valence-electron chi connectivity index (χ2n) is 4.14. The highest BCUT2D eigenvalue weighted by Crippen LogP contribution is 2.16. The van der Waals surface area contributed by atoms with Crippen LogP contribution in [0.1, 0.15) is 17.3 Å². The monoisotopic (exact) mass is 292 g/mol. The minimum absolute atomic E-state index is 0.0852. The smallest absolute Gasteiger partial charge is 0.292 e. The molecule has 0 saturated carbocycles. The number of aryl methyl sites for hydroxylation is 2. The molecule has 20 heavy (non-hydrogen) atoms. The van der Waals surface area contributed by atoms with Gasteiger partial charge in [-0.3, -0.25) is 4.79 Å². The normalized spacial score (nSPS) is 10.3. The van der Waals surface area contributed by atoms with Crippen LogP contribution in [0.2, 0.25) is 5.02 Å². The Bertz CT molecular complexity index is 707. The molecule has 0 amide bonds. The van der Waals surface area contributed by atoms with Crippen molar-refractivity contribution in [2.24, 2.45) is 0 Å². The van der Waals surface area contributed by atoms with Crippen LogP contribution in [0.4, 0.5) is 5.69 Å². The summed E-state index contributed by atoms with van der Waals surface area (Å²) in [6.07, 6.45) is 6.54. The van der Waals surface area contributed by atoms with Crippen LogP contribution >= 0.6 is 11.6 Å². The molecule has 6 nitrogen and oxygen atoms in total. The number of hydrogen-bond acceptors (Lipinski definition) is 5. The van der Waals surface area contributed by atoms with Crippen LogP contribution < -0.4 is 10.9 Å². The fourth-order valence-electron chi connectivity index (χ4n) is 1.61. The van der Waals surface area contributed by atoms with Gasteiger partial charge in [-0.05, 0) is 13.8 Å². The summed E-state index contributed by atoms with van der Waals surface area (Å²) in [5.74, 6) is 3.58. The van der Waals surface area contributed by atoms with Crippen LogP contribution in [0.25, 0.3) is 0 Å². The number of terminal acetylenes is 1. The van der Waals surface area contributed by atoms with Gasteiger partial charge in [0.25, 0.3) is 5.56 Å². The van der Waals surface area contributed by atoms with Crippen molar-refractivity contribution in [1.82, 2.24) is 14.8 Å². The lowest BCUT2D eigenvalue weighted by Crippen LogP contribution is -2.25. The molecule has 104 valence electrons. The van der Waals surface area contributed by atoms with E-state index in [0.717, 1.165) is 16.1 Å². The van der Waals surface area contributed by atoms with E-state index in [2.05, 4.69) is 21.3 Å². The second kappa shape index (κ2) is 5.80. The zero-order valence-corrected chi connectivity index (χ0v) is 11.9. The minimum atomic E-state index is -0.379. The maximum absolute atomic E-state index is 12.1. The first-order valence-corrected chi connectivity index (χ1v) is 6.26. The number of nitrogens with one attached hydrogen (secondary N) is 1. The summed E-state index contributed by atoms with van der Waals surface area (Å²) in [5, 5.41) is 6.98. The zero-order valence-electron chi connectivity index (χ0n) is 11.1. The molecule has 2 aromatic heterocycles. The van der Waals surface area contributed by atoms with E-state index in [0.29, 0.717) is 5.89 Å².